The number of para-hydroxylation sites is 1. The van der Waals surface area contributed by atoms with Crippen LogP contribution in [-0.2, 0) is 0 Å². The minimum absolute atomic E-state index is 0.0127. The number of aromatic carboxylic acids is 1. The maximum absolute atomic E-state index is 11.1. The molecule has 0 saturated heterocycles. The molecule has 0 saturated carbocycles. The van der Waals surface area contributed by atoms with Crippen LogP contribution in [0, 0.1) is 3.57 Å². The number of aromatic hydroxyl groups is 2. The molecule has 0 radical (unpaired) electrons. The van der Waals surface area contributed by atoms with Crippen LogP contribution in [0.15, 0.2) is 30.3 Å². The third-order valence-electron chi connectivity index (χ3n) is 2.28. The first-order valence-electron chi connectivity index (χ1n) is 4.64. The average Bonchev–Trinajstić information content (AvgIpc) is 2.59. The van der Waals surface area contributed by atoms with Crippen molar-refractivity contribution in [2.75, 3.05) is 0 Å². The van der Waals surface area contributed by atoms with E-state index < -0.39 is 5.97 Å². The van der Waals surface area contributed by atoms with E-state index >= 15 is 0 Å². The molecule has 0 aliphatic heterocycles. The lowest BCUT2D eigenvalue weighted by molar-refractivity contribution is 0.0697. The number of nitrogens with zero attached hydrogens (tertiary/aromatic N) is 1. The Balaban J connectivity index is 2.79. The predicted molar refractivity (Wildman–Crippen MR) is 68.8 cm³/mol. The second-order valence-corrected chi connectivity index (χ2v) is 4.49. The summed E-state index contributed by atoms with van der Waals surface area (Å²) in [5.41, 5.74) is 0.263. The van der Waals surface area contributed by atoms with Crippen LogP contribution in [0.5, 0.6) is 11.8 Å². The Morgan fingerprint density at radius 3 is 2.24 bits per heavy atom. The first kappa shape index (κ1) is 11.8. The van der Waals surface area contributed by atoms with Crippen LogP contribution in [0.4, 0.5) is 0 Å². The largest absolute Gasteiger partial charge is 0.494 e. The van der Waals surface area contributed by atoms with Gasteiger partial charge in [0.25, 0.3) is 0 Å². The van der Waals surface area contributed by atoms with Gasteiger partial charge in [0.05, 0.1) is 11.3 Å². The quantitative estimate of drug-likeness (QED) is 0.729. The van der Waals surface area contributed by atoms with E-state index in [0.717, 1.165) is 4.57 Å². The van der Waals surface area contributed by atoms with Gasteiger partial charge < -0.3 is 15.3 Å². The lowest BCUT2D eigenvalue weighted by Crippen LogP contribution is -2.06. The number of carboxylic acid groups (broad SMARTS) is 1. The number of aromatic nitrogens is 1. The molecule has 5 nitrogen and oxygen atoms in total. The average molecular weight is 345 g/mol. The smallest absolute Gasteiger partial charge is 0.337 e. The Kier molecular flexibility index (Phi) is 2.97. The Morgan fingerprint density at radius 2 is 1.71 bits per heavy atom. The molecular formula is C11H8INO4. The van der Waals surface area contributed by atoms with Gasteiger partial charge in [0.15, 0.2) is 11.8 Å². The Morgan fingerprint density at radius 1 is 1.12 bits per heavy atom. The molecule has 3 N–H and O–H groups in total. The summed E-state index contributed by atoms with van der Waals surface area (Å²) in [5.74, 6) is -1.55. The summed E-state index contributed by atoms with van der Waals surface area (Å²) in [6.45, 7) is 0. The molecule has 6 heteroatoms. The highest BCUT2D eigenvalue weighted by Crippen LogP contribution is 2.31. The van der Waals surface area contributed by atoms with Crippen molar-refractivity contribution >= 4 is 28.6 Å². The van der Waals surface area contributed by atoms with Gasteiger partial charge in [-0.2, -0.15) is 0 Å². The molecule has 0 aliphatic carbocycles. The molecule has 0 bridgehead atoms. The molecule has 2 aromatic rings. The van der Waals surface area contributed by atoms with E-state index in [1.165, 1.54) is 18.2 Å². The molecule has 0 atom stereocenters. The van der Waals surface area contributed by atoms with Gasteiger partial charge in [-0.1, -0.05) is 6.07 Å². The lowest BCUT2D eigenvalue weighted by atomic mass is 10.2. The van der Waals surface area contributed by atoms with Crippen molar-refractivity contribution in [3.63, 3.8) is 0 Å². The summed E-state index contributed by atoms with van der Waals surface area (Å²) >= 11 is 1.95. The molecule has 2 rings (SSSR count). The molecule has 1 heterocycles. The summed E-state index contributed by atoms with van der Waals surface area (Å²) in [6, 6.07) is 7.31. The monoisotopic (exact) mass is 345 g/mol. The molecule has 0 aliphatic rings. The Labute approximate surface area is 110 Å². The predicted octanol–water partition coefficient (Wildman–Crippen LogP) is 2.19. The highest BCUT2D eigenvalue weighted by molar-refractivity contribution is 14.1. The minimum atomic E-state index is -1.12. The van der Waals surface area contributed by atoms with Gasteiger partial charge >= 0.3 is 5.97 Å². The fraction of sp³-hybridized carbons (Fsp3) is 0. The van der Waals surface area contributed by atoms with E-state index in [1.54, 1.807) is 12.1 Å². The molecule has 0 spiro atoms. The van der Waals surface area contributed by atoms with Gasteiger partial charge in [0, 0.05) is 15.7 Å². The van der Waals surface area contributed by atoms with E-state index in [9.17, 15) is 15.0 Å². The van der Waals surface area contributed by atoms with Crippen LogP contribution in [0.3, 0.4) is 0 Å². The second-order valence-electron chi connectivity index (χ2n) is 3.33. The first-order chi connectivity index (χ1) is 8.02. The number of hydrogen-bond donors (Lipinski definition) is 3. The summed E-state index contributed by atoms with van der Waals surface area (Å²) < 4.78 is 1.70. The zero-order valence-electron chi connectivity index (χ0n) is 8.46. The van der Waals surface area contributed by atoms with Crippen LogP contribution in [0.1, 0.15) is 10.4 Å². The summed E-state index contributed by atoms with van der Waals surface area (Å²) in [6.07, 6.45) is 0. The standard InChI is InChI=1S/C11H8INO4/c12-7-3-1-2-6(11(16)17)10(7)13-8(14)4-5-9(13)15/h1-5,14-15H,(H,16,17). The molecule has 0 fully saturated rings. The van der Waals surface area contributed by atoms with Crippen molar-refractivity contribution in [3.05, 3.63) is 39.5 Å². The fourth-order valence-electron chi connectivity index (χ4n) is 1.56. The van der Waals surface area contributed by atoms with Gasteiger partial charge in [0.2, 0.25) is 0 Å². The van der Waals surface area contributed by atoms with Crippen LogP contribution in [-0.4, -0.2) is 25.9 Å². The van der Waals surface area contributed by atoms with Gasteiger partial charge in [-0.15, -0.1) is 0 Å². The molecule has 0 unspecified atom stereocenters. The van der Waals surface area contributed by atoms with Gasteiger partial charge in [-0.05, 0) is 34.7 Å². The zero-order valence-corrected chi connectivity index (χ0v) is 10.6. The number of hydrogen-bond acceptors (Lipinski definition) is 3. The van der Waals surface area contributed by atoms with Crippen molar-refractivity contribution in [1.29, 1.82) is 0 Å². The van der Waals surface area contributed by atoms with Crippen molar-refractivity contribution in [2.24, 2.45) is 0 Å². The Hall–Kier alpha value is -1.70. The summed E-state index contributed by atoms with van der Waals surface area (Å²) in [5, 5.41) is 28.3. The van der Waals surface area contributed by atoms with Crippen LogP contribution in [0.25, 0.3) is 5.69 Å². The normalized spacial score (nSPS) is 10.4. The van der Waals surface area contributed by atoms with Crippen LogP contribution in [0.2, 0.25) is 0 Å². The zero-order chi connectivity index (χ0) is 12.6. The molecule has 1 aromatic heterocycles. The van der Waals surface area contributed by atoms with Crippen LogP contribution >= 0.6 is 22.6 Å². The maximum atomic E-state index is 11.1. The molecule has 1 aromatic carbocycles. The second kappa shape index (κ2) is 4.28. The molecular weight excluding hydrogens is 337 g/mol. The van der Waals surface area contributed by atoms with Gasteiger partial charge in [-0.25, -0.2) is 9.36 Å². The number of carbonyl (C=O) groups is 1. The van der Waals surface area contributed by atoms with E-state index in [2.05, 4.69) is 0 Å². The highest BCUT2D eigenvalue weighted by atomic mass is 127. The SMILES string of the molecule is O=C(O)c1cccc(I)c1-n1c(O)ccc1O. The number of rotatable bonds is 2. The van der Waals surface area contributed by atoms with Crippen molar-refractivity contribution in [1.82, 2.24) is 4.57 Å². The third kappa shape index (κ3) is 1.95. The first-order valence-corrected chi connectivity index (χ1v) is 5.72. The van der Waals surface area contributed by atoms with Crippen molar-refractivity contribution in [3.8, 4) is 17.4 Å². The van der Waals surface area contributed by atoms with E-state index in [1.807, 2.05) is 22.6 Å². The van der Waals surface area contributed by atoms with Gasteiger partial charge in [0.1, 0.15) is 0 Å². The summed E-state index contributed by atoms with van der Waals surface area (Å²) in [4.78, 5) is 11.1. The number of benzene rings is 1. The highest BCUT2D eigenvalue weighted by Gasteiger charge is 2.18. The van der Waals surface area contributed by atoms with E-state index in [-0.39, 0.29) is 23.0 Å². The van der Waals surface area contributed by atoms with Crippen LogP contribution < -0.4 is 0 Å². The van der Waals surface area contributed by atoms with Gasteiger partial charge in [-0.3, -0.25) is 0 Å². The summed E-state index contributed by atoms with van der Waals surface area (Å²) in [7, 11) is 0. The number of carboxylic acids is 1. The third-order valence-corrected chi connectivity index (χ3v) is 3.15. The van der Waals surface area contributed by atoms with Crippen molar-refractivity contribution in [2.45, 2.75) is 0 Å². The topological polar surface area (TPSA) is 82.7 Å². The van der Waals surface area contributed by atoms with E-state index in [0.29, 0.717) is 3.57 Å². The molecule has 88 valence electrons. The lowest BCUT2D eigenvalue weighted by Gasteiger charge is -2.12. The Bertz CT molecular complexity index is 572. The van der Waals surface area contributed by atoms with Crippen molar-refractivity contribution < 1.29 is 20.1 Å². The maximum Gasteiger partial charge on any atom is 0.337 e. The van der Waals surface area contributed by atoms with E-state index in [4.69, 9.17) is 5.11 Å². The fourth-order valence-corrected chi connectivity index (χ4v) is 2.30. The molecule has 0 amide bonds. The number of halogens is 1. The minimum Gasteiger partial charge on any atom is -0.494 e. The molecule has 17 heavy (non-hydrogen) atoms.